The second-order valence-corrected chi connectivity index (χ2v) is 6.34. The molecule has 0 aliphatic carbocycles. The summed E-state index contributed by atoms with van der Waals surface area (Å²) in [5.41, 5.74) is 0. The van der Waals surface area contributed by atoms with Crippen molar-refractivity contribution in [1.29, 1.82) is 0 Å². The van der Waals surface area contributed by atoms with E-state index < -0.39 is 0 Å². The molecule has 0 fully saturated rings. The third-order valence-corrected chi connectivity index (χ3v) is 4.25. The molecule has 0 spiro atoms. The molecule has 0 saturated carbocycles. The van der Waals surface area contributed by atoms with Crippen LogP contribution < -0.4 is 0 Å². The van der Waals surface area contributed by atoms with Crippen LogP contribution in [-0.2, 0) is 9.47 Å². The Morgan fingerprint density at radius 1 is 0.682 bits per heavy atom. The van der Waals surface area contributed by atoms with Gasteiger partial charge in [-0.3, -0.25) is 0 Å². The molecule has 0 aromatic heterocycles. The number of ether oxygens (including phenoxy) is 2. The molecule has 0 N–H and O–H groups in total. The normalized spacial score (nSPS) is 11.8. The van der Waals surface area contributed by atoms with Crippen LogP contribution in [0.1, 0.15) is 83.5 Å². The molecule has 0 heterocycles. The number of hydrogen-bond donors (Lipinski definition) is 0. The number of hydrogen-bond acceptors (Lipinski definition) is 2. The minimum absolute atomic E-state index is 0.00946. The van der Waals surface area contributed by atoms with E-state index in [9.17, 15) is 0 Å². The summed E-state index contributed by atoms with van der Waals surface area (Å²) < 4.78 is 10.4. The average Bonchev–Trinajstić information content (AvgIpc) is 2.55. The number of allylic oxidation sites excluding steroid dienone is 2. The van der Waals surface area contributed by atoms with Crippen LogP contribution in [0.4, 0.5) is 0 Å². The van der Waals surface area contributed by atoms with Gasteiger partial charge in [0.25, 0.3) is 0 Å². The lowest BCUT2D eigenvalue weighted by Gasteiger charge is -2.12. The molecule has 0 bridgehead atoms. The minimum atomic E-state index is -0.00946. The lowest BCUT2D eigenvalue weighted by molar-refractivity contribution is -0.107. The van der Waals surface area contributed by atoms with Gasteiger partial charge in [-0.1, -0.05) is 63.5 Å². The average molecular weight is 333 g/mol. The van der Waals surface area contributed by atoms with Crippen LogP contribution in [0.3, 0.4) is 0 Å². The van der Waals surface area contributed by atoms with Gasteiger partial charge in [0.05, 0.1) is 0 Å². The van der Waals surface area contributed by atoms with E-state index in [1.54, 1.807) is 14.2 Å². The Morgan fingerprint density at radius 3 is 1.64 bits per heavy atom. The quantitative estimate of drug-likeness (QED) is 0.131. The largest absolute Gasteiger partial charge is 0.356 e. The van der Waals surface area contributed by atoms with Crippen LogP contribution in [0.5, 0.6) is 0 Å². The van der Waals surface area contributed by atoms with Crippen LogP contribution in [0.25, 0.3) is 0 Å². The van der Waals surface area contributed by atoms with Crippen molar-refractivity contribution < 1.29 is 9.47 Å². The first-order valence-electron chi connectivity index (χ1n) is 9.11. The summed E-state index contributed by atoms with van der Waals surface area (Å²) in [6.45, 7) is 0. The van der Waals surface area contributed by atoms with Gasteiger partial charge in [-0.05, 0) is 32.1 Å². The van der Waals surface area contributed by atoms with Gasteiger partial charge < -0.3 is 9.47 Å². The van der Waals surface area contributed by atoms with E-state index in [0.717, 1.165) is 18.7 Å². The van der Waals surface area contributed by atoms with Crippen molar-refractivity contribution in [2.45, 2.75) is 89.8 Å². The highest BCUT2D eigenvalue weighted by molar-refractivity contribution is 6.17. The molecule has 2 nitrogen and oxygen atoms in total. The predicted molar refractivity (Wildman–Crippen MR) is 97.7 cm³/mol. The van der Waals surface area contributed by atoms with E-state index in [1.165, 1.54) is 70.6 Å². The van der Waals surface area contributed by atoms with Crippen molar-refractivity contribution in [3.05, 3.63) is 12.2 Å². The Balaban J connectivity index is 3.08. The zero-order valence-corrected chi connectivity index (χ0v) is 15.6. The molecular weight excluding hydrogens is 296 g/mol. The molecule has 0 aliphatic rings. The van der Waals surface area contributed by atoms with Crippen molar-refractivity contribution in [3.8, 4) is 0 Å². The molecule has 22 heavy (non-hydrogen) atoms. The van der Waals surface area contributed by atoms with E-state index >= 15 is 0 Å². The molecule has 0 rings (SSSR count). The van der Waals surface area contributed by atoms with Gasteiger partial charge in [0.1, 0.15) is 0 Å². The van der Waals surface area contributed by atoms with E-state index in [1.807, 2.05) is 0 Å². The molecule has 132 valence electrons. The van der Waals surface area contributed by atoms with Crippen molar-refractivity contribution >= 4 is 11.6 Å². The molecule has 0 unspecified atom stereocenters. The van der Waals surface area contributed by atoms with Crippen molar-refractivity contribution in [2.75, 3.05) is 20.1 Å². The molecular formula is C19H37ClO2. The third kappa shape index (κ3) is 16.3. The highest BCUT2D eigenvalue weighted by atomic mass is 35.5. The van der Waals surface area contributed by atoms with Crippen LogP contribution >= 0.6 is 11.6 Å². The van der Waals surface area contributed by atoms with Gasteiger partial charge in [-0.2, -0.15) is 0 Å². The molecule has 0 amide bonds. The standard InChI is InChI=1S/C19H37ClO2/c1-21-19(22-2)17-15-13-11-9-7-5-3-4-6-8-10-12-14-16-18-20/h12,14,19H,3-11,13,15-18H2,1-2H3/b14-12-. The van der Waals surface area contributed by atoms with Gasteiger partial charge in [-0.15, -0.1) is 11.6 Å². The van der Waals surface area contributed by atoms with E-state index in [4.69, 9.17) is 21.1 Å². The molecule has 0 radical (unpaired) electrons. The van der Waals surface area contributed by atoms with Gasteiger partial charge in [-0.25, -0.2) is 0 Å². The maximum Gasteiger partial charge on any atom is 0.156 e. The fraction of sp³-hybridized carbons (Fsp3) is 0.895. The number of unbranched alkanes of at least 4 members (excludes halogenated alkanes) is 10. The second kappa shape index (κ2) is 19.0. The Hall–Kier alpha value is -0.0500. The van der Waals surface area contributed by atoms with Crippen molar-refractivity contribution in [2.24, 2.45) is 0 Å². The van der Waals surface area contributed by atoms with E-state index in [-0.39, 0.29) is 6.29 Å². The number of methoxy groups -OCH3 is 2. The molecule has 0 aromatic carbocycles. The van der Waals surface area contributed by atoms with Crippen molar-refractivity contribution in [3.63, 3.8) is 0 Å². The summed E-state index contributed by atoms with van der Waals surface area (Å²) in [6.07, 6.45) is 21.3. The Kier molecular flexibility index (Phi) is 19.0. The first kappa shape index (κ1) is 21.9. The molecule has 0 aliphatic heterocycles. The second-order valence-electron chi connectivity index (χ2n) is 5.96. The van der Waals surface area contributed by atoms with Crippen LogP contribution in [-0.4, -0.2) is 26.4 Å². The maximum atomic E-state index is 5.62. The Bertz CT molecular complexity index is 227. The van der Waals surface area contributed by atoms with Gasteiger partial charge >= 0.3 is 0 Å². The molecule has 0 saturated heterocycles. The fourth-order valence-electron chi connectivity index (χ4n) is 2.62. The highest BCUT2D eigenvalue weighted by Gasteiger charge is 2.03. The van der Waals surface area contributed by atoms with Gasteiger partial charge in [0.2, 0.25) is 0 Å². The SMILES string of the molecule is COC(CCCCCCCCCCCC/C=C\CCCl)OC. The molecule has 0 aromatic rings. The third-order valence-electron chi connectivity index (χ3n) is 4.03. The topological polar surface area (TPSA) is 18.5 Å². The van der Waals surface area contributed by atoms with Crippen LogP contribution in [0, 0.1) is 0 Å². The zero-order valence-electron chi connectivity index (χ0n) is 14.8. The summed E-state index contributed by atoms with van der Waals surface area (Å²) in [4.78, 5) is 0. The van der Waals surface area contributed by atoms with E-state index in [2.05, 4.69) is 12.2 Å². The summed E-state index contributed by atoms with van der Waals surface area (Å²) in [6, 6.07) is 0. The number of halogens is 1. The Labute approximate surface area is 143 Å². The van der Waals surface area contributed by atoms with Gasteiger partial charge in [0, 0.05) is 20.1 Å². The minimum Gasteiger partial charge on any atom is -0.356 e. The van der Waals surface area contributed by atoms with Gasteiger partial charge in [0.15, 0.2) is 6.29 Å². The molecule has 3 heteroatoms. The lowest BCUT2D eigenvalue weighted by Crippen LogP contribution is -2.12. The van der Waals surface area contributed by atoms with Crippen LogP contribution in [0.2, 0.25) is 0 Å². The maximum absolute atomic E-state index is 5.62. The predicted octanol–water partition coefficient (Wildman–Crippen LogP) is 6.47. The summed E-state index contributed by atoms with van der Waals surface area (Å²) >= 11 is 5.62. The first-order valence-corrected chi connectivity index (χ1v) is 9.65. The van der Waals surface area contributed by atoms with Crippen LogP contribution in [0.15, 0.2) is 12.2 Å². The molecule has 0 atom stereocenters. The first-order chi connectivity index (χ1) is 10.8. The highest BCUT2D eigenvalue weighted by Crippen LogP contribution is 2.13. The summed E-state index contributed by atoms with van der Waals surface area (Å²) in [5.74, 6) is 0.746. The lowest BCUT2D eigenvalue weighted by atomic mass is 10.0. The Morgan fingerprint density at radius 2 is 1.14 bits per heavy atom. The fourth-order valence-corrected chi connectivity index (χ4v) is 2.74. The monoisotopic (exact) mass is 332 g/mol. The summed E-state index contributed by atoms with van der Waals surface area (Å²) in [7, 11) is 3.43. The summed E-state index contributed by atoms with van der Waals surface area (Å²) in [5, 5.41) is 0. The zero-order chi connectivity index (χ0) is 16.3. The van der Waals surface area contributed by atoms with Crippen molar-refractivity contribution in [1.82, 2.24) is 0 Å². The number of rotatable bonds is 17. The smallest absolute Gasteiger partial charge is 0.156 e. The number of alkyl halides is 1. The van der Waals surface area contributed by atoms with E-state index in [0.29, 0.717) is 0 Å².